The molecule has 1 N–H and O–H groups in total. The standard InChI is InChI=1S/C18H22ClN3O3S/c1-14-4-10-17(11-5-14)22(26(24,25)21(2)3)13-18(23)20-12-15-6-8-16(19)9-7-15/h4-11H,12-13H2,1-3H3,(H,20,23). The summed E-state index contributed by atoms with van der Waals surface area (Å²) < 4.78 is 27.4. The van der Waals surface area contributed by atoms with Gasteiger partial charge in [-0.2, -0.15) is 12.7 Å². The number of halogens is 1. The van der Waals surface area contributed by atoms with Gasteiger partial charge >= 0.3 is 10.2 Å². The van der Waals surface area contributed by atoms with Crippen molar-refractivity contribution in [3.05, 3.63) is 64.7 Å². The molecule has 0 spiro atoms. The third kappa shape index (κ3) is 5.20. The van der Waals surface area contributed by atoms with Crippen molar-refractivity contribution >= 4 is 33.4 Å². The van der Waals surface area contributed by atoms with E-state index in [1.807, 2.05) is 6.92 Å². The quantitative estimate of drug-likeness (QED) is 0.783. The number of nitrogens with one attached hydrogen (secondary N) is 1. The van der Waals surface area contributed by atoms with Gasteiger partial charge in [-0.25, -0.2) is 4.31 Å². The Balaban J connectivity index is 2.14. The maximum Gasteiger partial charge on any atom is 0.304 e. The maximum atomic E-state index is 12.6. The second kappa shape index (κ2) is 8.53. The van der Waals surface area contributed by atoms with Crippen LogP contribution in [0.1, 0.15) is 11.1 Å². The summed E-state index contributed by atoms with van der Waals surface area (Å²) in [5.74, 6) is -0.397. The minimum Gasteiger partial charge on any atom is -0.350 e. The maximum absolute atomic E-state index is 12.6. The molecule has 0 aromatic heterocycles. The van der Waals surface area contributed by atoms with Crippen molar-refractivity contribution in [3.63, 3.8) is 0 Å². The van der Waals surface area contributed by atoms with Gasteiger partial charge < -0.3 is 5.32 Å². The first kappa shape index (κ1) is 20.2. The number of rotatable bonds is 7. The smallest absolute Gasteiger partial charge is 0.304 e. The van der Waals surface area contributed by atoms with Crippen LogP contribution in [0.4, 0.5) is 5.69 Å². The molecule has 6 nitrogen and oxygen atoms in total. The molecule has 2 aromatic carbocycles. The van der Waals surface area contributed by atoms with Gasteiger partial charge in [0, 0.05) is 25.7 Å². The summed E-state index contributed by atoms with van der Waals surface area (Å²) in [4.78, 5) is 12.3. The largest absolute Gasteiger partial charge is 0.350 e. The van der Waals surface area contributed by atoms with Crippen LogP contribution in [0.3, 0.4) is 0 Å². The molecule has 140 valence electrons. The molecule has 0 saturated carbocycles. The zero-order valence-corrected chi connectivity index (χ0v) is 16.5. The molecule has 0 heterocycles. The van der Waals surface area contributed by atoms with Crippen molar-refractivity contribution in [1.29, 1.82) is 0 Å². The van der Waals surface area contributed by atoms with Crippen LogP contribution >= 0.6 is 11.6 Å². The summed E-state index contributed by atoms with van der Waals surface area (Å²) in [7, 11) is -0.935. The van der Waals surface area contributed by atoms with E-state index in [9.17, 15) is 13.2 Å². The Morgan fingerprint density at radius 1 is 1.04 bits per heavy atom. The van der Waals surface area contributed by atoms with Crippen LogP contribution in [0.15, 0.2) is 48.5 Å². The number of hydrogen-bond donors (Lipinski definition) is 1. The van der Waals surface area contributed by atoms with Gasteiger partial charge in [-0.1, -0.05) is 41.4 Å². The first-order chi connectivity index (χ1) is 12.2. The summed E-state index contributed by atoms with van der Waals surface area (Å²) >= 11 is 5.84. The summed E-state index contributed by atoms with van der Waals surface area (Å²) in [6.45, 7) is 1.89. The Morgan fingerprint density at radius 2 is 1.62 bits per heavy atom. The first-order valence-electron chi connectivity index (χ1n) is 7.98. The van der Waals surface area contributed by atoms with Gasteiger partial charge in [0.1, 0.15) is 6.54 Å². The summed E-state index contributed by atoms with van der Waals surface area (Å²) in [5.41, 5.74) is 2.31. The van der Waals surface area contributed by atoms with Crippen molar-refractivity contribution in [1.82, 2.24) is 9.62 Å². The molecular weight excluding hydrogens is 374 g/mol. The molecule has 0 aliphatic carbocycles. The topological polar surface area (TPSA) is 69.7 Å². The lowest BCUT2D eigenvalue weighted by Crippen LogP contribution is -2.45. The fourth-order valence-electron chi connectivity index (χ4n) is 2.20. The van der Waals surface area contributed by atoms with Gasteiger partial charge in [-0.3, -0.25) is 4.79 Å². The summed E-state index contributed by atoms with van der Waals surface area (Å²) in [6.07, 6.45) is 0. The normalized spacial score (nSPS) is 11.4. The molecule has 0 saturated heterocycles. The molecule has 26 heavy (non-hydrogen) atoms. The van der Waals surface area contributed by atoms with E-state index < -0.39 is 16.1 Å². The second-order valence-electron chi connectivity index (χ2n) is 6.04. The van der Waals surface area contributed by atoms with Crippen LogP contribution < -0.4 is 9.62 Å². The number of carbonyl (C=O) groups excluding carboxylic acids is 1. The van der Waals surface area contributed by atoms with Crippen LogP contribution in [0.2, 0.25) is 5.02 Å². The zero-order valence-electron chi connectivity index (χ0n) is 14.9. The minimum atomic E-state index is -3.80. The third-order valence-electron chi connectivity index (χ3n) is 3.75. The number of carbonyl (C=O) groups is 1. The van der Waals surface area contributed by atoms with Crippen molar-refractivity contribution in [2.75, 3.05) is 24.9 Å². The van der Waals surface area contributed by atoms with Crippen LogP contribution in [0.25, 0.3) is 0 Å². The fourth-order valence-corrected chi connectivity index (χ4v) is 3.39. The average Bonchev–Trinajstić information content (AvgIpc) is 2.60. The number of amides is 1. The van der Waals surface area contributed by atoms with Gasteiger partial charge in [0.2, 0.25) is 5.91 Å². The Bertz CT molecular complexity index is 850. The van der Waals surface area contributed by atoms with Crippen molar-refractivity contribution < 1.29 is 13.2 Å². The number of hydrogen-bond acceptors (Lipinski definition) is 3. The highest BCUT2D eigenvalue weighted by Gasteiger charge is 2.27. The monoisotopic (exact) mass is 395 g/mol. The van der Waals surface area contributed by atoms with Crippen molar-refractivity contribution in [2.45, 2.75) is 13.5 Å². The highest BCUT2D eigenvalue weighted by atomic mass is 35.5. The lowest BCUT2D eigenvalue weighted by Gasteiger charge is -2.27. The lowest BCUT2D eigenvalue weighted by atomic mass is 10.2. The average molecular weight is 396 g/mol. The first-order valence-corrected chi connectivity index (χ1v) is 9.75. The molecular formula is C18H22ClN3O3S. The molecule has 2 aromatic rings. The SMILES string of the molecule is Cc1ccc(N(CC(=O)NCc2ccc(Cl)cc2)S(=O)(=O)N(C)C)cc1. The van der Waals surface area contributed by atoms with E-state index in [1.165, 1.54) is 14.1 Å². The predicted molar refractivity (Wildman–Crippen MR) is 104 cm³/mol. The van der Waals surface area contributed by atoms with Gasteiger partial charge in [0.15, 0.2) is 0 Å². The Labute approximate surface area is 159 Å². The van der Waals surface area contributed by atoms with E-state index in [2.05, 4.69) is 5.32 Å². The number of aryl methyl sites for hydroxylation is 1. The highest BCUT2D eigenvalue weighted by Crippen LogP contribution is 2.20. The molecule has 0 radical (unpaired) electrons. The number of benzene rings is 2. The number of nitrogens with zero attached hydrogens (tertiary/aromatic N) is 2. The van der Waals surface area contributed by atoms with E-state index in [0.29, 0.717) is 17.3 Å². The van der Waals surface area contributed by atoms with Crippen LogP contribution in [0.5, 0.6) is 0 Å². The highest BCUT2D eigenvalue weighted by molar-refractivity contribution is 7.90. The minimum absolute atomic E-state index is 0.291. The molecule has 8 heteroatoms. The van der Waals surface area contributed by atoms with E-state index in [-0.39, 0.29) is 6.54 Å². The molecule has 0 aliphatic heterocycles. The lowest BCUT2D eigenvalue weighted by molar-refractivity contribution is -0.119. The molecule has 0 unspecified atom stereocenters. The third-order valence-corrected chi connectivity index (χ3v) is 5.82. The van der Waals surface area contributed by atoms with Crippen LogP contribution in [-0.4, -0.2) is 39.3 Å². The number of anilines is 1. The van der Waals surface area contributed by atoms with Crippen molar-refractivity contribution in [3.8, 4) is 0 Å². The second-order valence-corrected chi connectivity index (χ2v) is 8.54. The Kier molecular flexibility index (Phi) is 6.63. The molecule has 0 fully saturated rings. The van der Waals surface area contributed by atoms with E-state index in [4.69, 9.17) is 11.6 Å². The van der Waals surface area contributed by atoms with Gasteiger partial charge in [-0.05, 0) is 36.8 Å². The van der Waals surface area contributed by atoms with Crippen molar-refractivity contribution in [2.24, 2.45) is 0 Å². The Morgan fingerprint density at radius 3 is 2.15 bits per heavy atom. The van der Waals surface area contributed by atoms with Crippen LogP contribution in [0, 0.1) is 6.92 Å². The van der Waals surface area contributed by atoms with Gasteiger partial charge in [0.05, 0.1) is 5.69 Å². The summed E-state index contributed by atoms with van der Waals surface area (Å²) in [5, 5.41) is 3.35. The van der Waals surface area contributed by atoms with E-state index in [1.54, 1.807) is 48.5 Å². The van der Waals surface area contributed by atoms with E-state index in [0.717, 1.165) is 19.7 Å². The molecule has 0 atom stereocenters. The molecule has 1 amide bonds. The van der Waals surface area contributed by atoms with E-state index >= 15 is 0 Å². The molecule has 0 aliphatic rings. The van der Waals surface area contributed by atoms with Crippen LogP contribution in [-0.2, 0) is 21.5 Å². The summed E-state index contributed by atoms with van der Waals surface area (Å²) in [6, 6.07) is 14.0. The fraction of sp³-hybridized carbons (Fsp3) is 0.278. The Hall–Kier alpha value is -2.09. The molecule has 0 bridgehead atoms. The molecule has 2 rings (SSSR count). The van der Waals surface area contributed by atoms with Gasteiger partial charge in [0.25, 0.3) is 0 Å². The zero-order chi connectivity index (χ0) is 19.3. The van der Waals surface area contributed by atoms with Gasteiger partial charge in [-0.15, -0.1) is 0 Å². The predicted octanol–water partition coefficient (Wildman–Crippen LogP) is 2.58.